The molecule has 0 radical (unpaired) electrons. The number of nitrogens with zero attached hydrogens (tertiary/aromatic N) is 1. The zero-order chi connectivity index (χ0) is 15.0. The number of hydrogen-bond donors (Lipinski definition) is 0. The fraction of sp³-hybridized carbons (Fsp3) is 0.200. The molecule has 0 fully saturated rings. The molecular formula is C15H14ClNO3S. The van der Waals surface area contributed by atoms with E-state index >= 15 is 0 Å². The number of halogens is 1. The summed E-state index contributed by atoms with van der Waals surface area (Å²) < 4.78 is 32.5. The van der Waals surface area contributed by atoms with Crippen LogP contribution in [0.3, 0.4) is 0 Å². The first-order valence-corrected chi connectivity index (χ1v) is 8.28. The topological polar surface area (TPSA) is 46.6 Å². The molecule has 1 aliphatic heterocycles. The van der Waals surface area contributed by atoms with Crippen molar-refractivity contribution in [2.75, 3.05) is 13.7 Å². The molecule has 1 heterocycles. The van der Waals surface area contributed by atoms with Crippen molar-refractivity contribution >= 4 is 21.6 Å². The molecule has 0 spiro atoms. The molecule has 0 aliphatic carbocycles. The molecule has 0 aromatic heterocycles. The lowest BCUT2D eigenvalue weighted by Crippen LogP contribution is -2.32. The summed E-state index contributed by atoms with van der Waals surface area (Å²) in [6, 6.07) is 13.8. The lowest BCUT2D eigenvalue weighted by Gasteiger charge is -2.24. The lowest BCUT2D eigenvalue weighted by atomic mass is 10.1. The first-order chi connectivity index (χ1) is 10.0. The molecule has 0 unspecified atom stereocenters. The molecule has 110 valence electrons. The quantitative estimate of drug-likeness (QED) is 0.810. The van der Waals surface area contributed by atoms with Crippen molar-refractivity contribution in [3.63, 3.8) is 0 Å². The third-order valence-electron chi connectivity index (χ3n) is 3.60. The molecule has 3 rings (SSSR count). The third kappa shape index (κ3) is 2.41. The Balaban J connectivity index is 2.13. The SMILES string of the molecule is CN1[C@@H](c2ccccc2)COc2c(Cl)cccc2S1(=O)=O. The molecule has 0 amide bonds. The Morgan fingerprint density at radius 2 is 1.86 bits per heavy atom. The third-order valence-corrected chi connectivity index (χ3v) is 5.78. The summed E-state index contributed by atoms with van der Waals surface area (Å²) in [5.74, 6) is 0.226. The standard InChI is InChI=1S/C15H14ClNO3S/c1-17-13(11-6-3-2-4-7-11)10-20-15-12(16)8-5-9-14(15)21(17,18)19/h2-9,13H,10H2,1H3/t13-/m1/s1. The van der Waals surface area contributed by atoms with Crippen LogP contribution in [0, 0.1) is 0 Å². The van der Waals surface area contributed by atoms with E-state index in [2.05, 4.69) is 0 Å². The van der Waals surface area contributed by atoms with Gasteiger partial charge in [0.15, 0.2) is 5.75 Å². The number of likely N-dealkylation sites (N-methyl/N-ethyl adjacent to an activating group) is 1. The first kappa shape index (κ1) is 14.4. The number of sulfonamides is 1. The second kappa shape index (κ2) is 5.33. The van der Waals surface area contributed by atoms with E-state index in [9.17, 15) is 8.42 Å². The van der Waals surface area contributed by atoms with Crippen molar-refractivity contribution in [2.45, 2.75) is 10.9 Å². The Kier molecular flexibility index (Phi) is 3.65. The first-order valence-electron chi connectivity index (χ1n) is 6.46. The van der Waals surface area contributed by atoms with Crippen LogP contribution < -0.4 is 4.74 Å². The summed E-state index contributed by atoms with van der Waals surface area (Å²) in [6.07, 6.45) is 0. The maximum absolute atomic E-state index is 12.7. The average molecular weight is 324 g/mol. The Bertz CT molecular complexity index is 762. The molecule has 21 heavy (non-hydrogen) atoms. The summed E-state index contributed by atoms with van der Waals surface area (Å²) >= 11 is 6.08. The summed E-state index contributed by atoms with van der Waals surface area (Å²) in [5.41, 5.74) is 0.882. The highest BCUT2D eigenvalue weighted by Gasteiger charge is 2.35. The number of para-hydroxylation sites is 1. The molecule has 4 nitrogen and oxygen atoms in total. The van der Waals surface area contributed by atoms with Gasteiger partial charge in [-0.15, -0.1) is 0 Å². The van der Waals surface area contributed by atoms with Gasteiger partial charge >= 0.3 is 0 Å². The molecule has 0 bridgehead atoms. The summed E-state index contributed by atoms with van der Waals surface area (Å²) in [5, 5.41) is 0.304. The zero-order valence-electron chi connectivity index (χ0n) is 11.4. The number of benzene rings is 2. The molecule has 6 heteroatoms. The van der Waals surface area contributed by atoms with Crippen LogP contribution in [0.2, 0.25) is 5.02 Å². The molecule has 1 aliphatic rings. The molecule has 0 saturated heterocycles. The lowest BCUT2D eigenvalue weighted by molar-refractivity contribution is 0.231. The van der Waals surface area contributed by atoms with Gasteiger partial charge in [0.05, 0.1) is 11.1 Å². The van der Waals surface area contributed by atoms with Gasteiger partial charge in [-0.2, -0.15) is 4.31 Å². The van der Waals surface area contributed by atoms with Crippen LogP contribution in [-0.2, 0) is 10.0 Å². The van der Waals surface area contributed by atoms with Gasteiger partial charge in [-0.05, 0) is 17.7 Å². The van der Waals surface area contributed by atoms with Gasteiger partial charge in [0.2, 0.25) is 10.0 Å². The van der Waals surface area contributed by atoms with Crippen LogP contribution in [0.4, 0.5) is 0 Å². The highest BCUT2D eigenvalue weighted by molar-refractivity contribution is 7.89. The molecule has 2 aromatic carbocycles. The highest BCUT2D eigenvalue weighted by atomic mass is 35.5. The van der Waals surface area contributed by atoms with Crippen molar-refractivity contribution < 1.29 is 13.2 Å². The predicted molar refractivity (Wildman–Crippen MR) is 81.1 cm³/mol. The van der Waals surface area contributed by atoms with E-state index in [1.54, 1.807) is 19.2 Å². The van der Waals surface area contributed by atoms with Crippen LogP contribution in [0.25, 0.3) is 0 Å². The molecular weight excluding hydrogens is 310 g/mol. The minimum absolute atomic E-state index is 0.107. The Morgan fingerprint density at radius 3 is 2.57 bits per heavy atom. The molecule has 0 N–H and O–H groups in total. The number of rotatable bonds is 1. The summed E-state index contributed by atoms with van der Waals surface area (Å²) in [4.78, 5) is 0.107. The van der Waals surface area contributed by atoms with Crippen molar-refractivity contribution in [1.82, 2.24) is 4.31 Å². The Labute approximate surface area is 129 Å². The van der Waals surface area contributed by atoms with Crippen LogP contribution in [-0.4, -0.2) is 26.4 Å². The van der Waals surface area contributed by atoms with Crippen molar-refractivity contribution in [3.8, 4) is 5.75 Å². The van der Waals surface area contributed by atoms with E-state index in [0.29, 0.717) is 5.02 Å². The fourth-order valence-electron chi connectivity index (χ4n) is 2.40. The van der Waals surface area contributed by atoms with Gasteiger partial charge in [-0.1, -0.05) is 48.0 Å². The van der Waals surface area contributed by atoms with Crippen molar-refractivity contribution in [3.05, 3.63) is 59.1 Å². The largest absolute Gasteiger partial charge is 0.489 e. The van der Waals surface area contributed by atoms with E-state index in [1.807, 2.05) is 30.3 Å². The monoisotopic (exact) mass is 323 g/mol. The van der Waals surface area contributed by atoms with Crippen molar-refractivity contribution in [2.24, 2.45) is 0 Å². The van der Waals surface area contributed by atoms with E-state index in [1.165, 1.54) is 10.4 Å². The Morgan fingerprint density at radius 1 is 1.14 bits per heavy atom. The number of fused-ring (bicyclic) bond motifs is 1. The van der Waals surface area contributed by atoms with Crippen LogP contribution in [0.5, 0.6) is 5.75 Å². The van der Waals surface area contributed by atoms with Crippen LogP contribution in [0.1, 0.15) is 11.6 Å². The van der Waals surface area contributed by atoms with E-state index in [4.69, 9.17) is 16.3 Å². The van der Waals surface area contributed by atoms with Gasteiger partial charge in [0.1, 0.15) is 11.5 Å². The van der Waals surface area contributed by atoms with Crippen LogP contribution in [0.15, 0.2) is 53.4 Å². The summed E-state index contributed by atoms with van der Waals surface area (Å²) in [7, 11) is -2.09. The molecule has 0 saturated carbocycles. The number of hydrogen-bond acceptors (Lipinski definition) is 3. The zero-order valence-corrected chi connectivity index (χ0v) is 12.9. The van der Waals surface area contributed by atoms with Crippen LogP contribution >= 0.6 is 11.6 Å². The normalized spacial score (nSPS) is 21.1. The second-order valence-electron chi connectivity index (χ2n) is 4.83. The van der Waals surface area contributed by atoms with Gasteiger partial charge in [-0.3, -0.25) is 0 Å². The number of ether oxygens (including phenoxy) is 1. The van der Waals surface area contributed by atoms with E-state index < -0.39 is 10.0 Å². The molecule has 2 aromatic rings. The second-order valence-corrected chi connectivity index (χ2v) is 7.20. The van der Waals surface area contributed by atoms with E-state index in [0.717, 1.165) is 5.56 Å². The van der Waals surface area contributed by atoms with Crippen molar-refractivity contribution in [1.29, 1.82) is 0 Å². The maximum atomic E-state index is 12.7. The smallest absolute Gasteiger partial charge is 0.247 e. The minimum atomic E-state index is -3.65. The minimum Gasteiger partial charge on any atom is -0.489 e. The average Bonchev–Trinajstić information content (AvgIpc) is 2.58. The van der Waals surface area contributed by atoms with E-state index in [-0.39, 0.29) is 23.3 Å². The highest BCUT2D eigenvalue weighted by Crippen LogP contribution is 2.39. The predicted octanol–water partition coefficient (Wildman–Crippen LogP) is 3.09. The fourth-order valence-corrected chi connectivity index (χ4v) is 4.17. The van der Waals surface area contributed by atoms with Gasteiger partial charge in [0.25, 0.3) is 0 Å². The summed E-state index contributed by atoms with van der Waals surface area (Å²) in [6.45, 7) is 0.219. The van der Waals surface area contributed by atoms with Gasteiger partial charge < -0.3 is 4.74 Å². The Hall–Kier alpha value is -1.56. The maximum Gasteiger partial charge on any atom is 0.247 e. The van der Waals surface area contributed by atoms with Gasteiger partial charge in [-0.25, -0.2) is 8.42 Å². The van der Waals surface area contributed by atoms with Gasteiger partial charge in [0, 0.05) is 7.05 Å². The molecule has 1 atom stereocenters.